The summed E-state index contributed by atoms with van der Waals surface area (Å²) in [4.78, 5) is 0.192. The van der Waals surface area contributed by atoms with Crippen LogP contribution in [0.15, 0.2) is 24.3 Å². The lowest BCUT2D eigenvalue weighted by atomic mass is 10.00. The van der Waals surface area contributed by atoms with Crippen LogP contribution in [0.25, 0.3) is 0 Å². The van der Waals surface area contributed by atoms with Gasteiger partial charge in [-0.05, 0) is 24.6 Å². The number of hydrogen-bond acceptors (Lipinski definition) is 5. The van der Waals surface area contributed by atoms with Crippen LogP contribution in [0.4, 0.5) is 0 Å². The maximum atomic E-state index is 12.2. The summed E-state index contributed by atoms with van der Waals surface area (Å²) < 4.78 is 35.0. The summed E-state index contributed by atoms with van der Waals surface area (Å²) in [5.41, 5.74) is 5.96. The number of methoxy groups -OCH3 is 1. The molecule has 1 aromatic carbocycles. The van der Waals surface area contributed by atoms with Gasteiger partial charge < -0.3 is 15.2 Å². The first-order chi connectivity index (χ1) is 10.3. The number of benzene rings is 1. The average Bonchev–Trinajstić information content (AvgIpc) is 3.16. The highest BCUT2D eigenvalue weighted by Gasteiger charge is 2.71. The van der Waals surface area contributed by atoms with Crippen LogP contribution in [0, 0.1) is 5.41 Å². The standard InChI is InChI=1S/C15H21NO4S2/c1-4-20-9-15(14(16)21)12(13(15)22(3,17)18)10-5-7-11(19-2)8-6-10/h5-8,12-13H,4,9H2,1-3H3,(H2,16,21)/t12-,13+,15-/m1/s1. The van der Waals surface area contributed by atoms with Gasteiger partial charge in [-0.3, -0.25) is 0 Å². The van der Waals surface area contributed by atoms with E-state index in [1.165, 1.54) is 6.26 Å². The Kier molecular flexibility index (Phi) is 4.79. The van der Waals surface area contributed by atoms with Crippen molar-refractivity contribution in [3.8, 4) is 5.75 Å². The van der Waals surface area contributed by atoms with Gasteiger partial charge in [-0.25, -0.2) is 8.42 Å². The van der Waals surface area contributed by atoms with Crippen molar-refractivity contribution in [3.05, 3.63) is 29.8 Å². The molecule has 7 heteroatoms. The summed E-state index contributed by atoms with van der Waals surface area (Å²) in [5.74, 6) is 0.434. The van der Waals surface area contributed by atoms with Gasteiger partial charge in [0.1, 0.15) is 5.75 Å². The fourth-order valence-electron chi connectivity index (χ4n) is 3.12. The Bertz CT molecular complexity index is 657. The summed E-state index contributed by atoms with van der Waals surface area (Å²) in [5, 5.41) is -0.641. The van der Waals surface area contributed by atoms with E-state index in [9.17, 15) is 8.42 Å². The third kappa shape index (κ3) is 2.85. The maximum Gasteiger partial charge on any atom is 0.152 e. The second-order valence-corrected chi connectivity index (χ2v) is 8.15. The molecule has 0 amide bonds. The van der Waals surface area contributed by atoms with Crippen LogP contribution in [0.2, 0.25) is 0 Å². The SMILES string of the molecule is CCOC[C@@]1(C(N)=S)[C@H](c2ccc(OC)cc2)[C@@H]1S(C)(=O)=O. The molecule has 0 heterocycles. The Morgan fingerprint density at radius 3 is 2.36 bits per heavy atom. The number of nitrogens with two attached hydrogens (primary N) is 1. The van der Waals surface area contributed by atoms with Crippen molar-refractivity contribution in [1.82, 2.24) is 0 Å². The molecule has 1 aliphatic carbocycles. The van der Waals surface area contributed by atoms with Crippen LogP contribution in [-0.4, -0.2) is 45.2 Å². The Morgan fingerprint density at radius 2 is 1.95 bits per heavy atom. The number of sulfone groups is 1. The van der Waals surface area contributed by atoms with Crippen LogP contribution in [0.3, 0.4) is 0 Å². The third-order valence-electron chi connectivity index (χ3n) is 4.20. The summed E-state index contributed by atoms with van der Waals surface area (Å²) in [7, 11) is -1.72. The molecule has 0 bridgehead atoms. The topological polar surface area (TPSA) is 78.6 Å². The lowest BCUT2D eigenvalue weighted by molar-refractivity contribution is 0.121. The monoisotopic (exact) mass is 343 g/mol. The van der Waals surface area contributed by atoms with E-state index in [4.69, 9.17) is 27.4 Å². The van der Waals surface area contributed by atoms with Crippen LogP contribution in [0.5, 0.6) is 5.75 Å². The molecule has 2 N–H and O–H groups in total. The summed E-state index contributed by atoms with van der Waals surface area (Å²) in [6.07, 6.45) is 1.22. The summed E-state index contributed by atoms with van der Waals surface area (Å²) in [6.45, 7) is 2.55. The van der Waals surface area contributed by atoms with Crippen LogP contribution < -0.4 is 10.5 Å². The van der Waals surface area contributed by atoms with Crippen molar-refractivity contribution in [1.29, 1.82) is 0 Å². The van der Waals surface area contributed by atoms with E-state index in [0.29, 0.717) is 12.4 Å². The minimum Gasteiger partial charge on any atom is -0.497 e. The van der Waals surface area contributed by atoms with E-state index in [-0.39, 0.29) is 17.5 Å². The van der Waals surface area contributed by atoms with Gasteiger partial charge in [0.25, 0.3) is 0 Å². The van der Waals surface area contributed by atoms with E-state index >= 15 is 0 Å². The number of rotatable bonds is 7. The zero-order valence-corrected chi connectivity index (χ0v) is 14.5. The molecule has 1 fully saturated rings. The first-order valence-corrected chi connectivity index (χ1v) is 9.35. The van der Waals surface area contributed by atoms with Gasteiger partial charge in [0.05, 0.1) is 29.4 Å². The molecule has 1 saturated carbocycles. The minimum atomic E-state index is -3.30. The number of hydrogen-bond donors (Lipinski definition) is 1. The van der Waals surface area contributed by atoms with Crippen molar-refractivity contribution in [2.45, 2.75) is 18.1 Å². The number of ether oxygens (including phenoxy) is 2. The highest BCUT2D eigenvalue weighted by molar-refractivity contribution is 7.92. The second-order valence-electron chi connectivity index (χ2n) is 5.54. The molecule has 1 aliphatic rings. The summed E-state index contributed by atoms with van der Waals surface area (Å²) >= 11 is 5.19. The molecule has 0 aromatic heterocycles. The summed E-state index contributed by atoms with van der Waals surface area (Å²) in [6, 6.07) is 7.32. The quantitative estimate of drug-likeness (QED) is 0.756. The fraction of sp³-hybridized carbons (Fsp3) is 0.533. The maximum absolute atomic E-state index is 12.2. The highest BCUT2D eigenvalue weighted by atomic mass is 32.2. The van der Waals surface area contributed by atoms with Gasteiger partial charge in [-0.2, -0.15) is 0 Å². The Morgan fingerprint density at radius 1 is 1.36 bits per heavy atom. The highest BCUT2D eigenvalue weighted by Crippen LogP contribution is 2.63. The van der Waals surface area contributed by atoms with Crippen molar-refractivity contribution in [2.24, 2.45) is 11.1 Å². The molecular formula is C15H21NO4S2. The molecule has 22 heavy (non-hydrogen) atoms. The number of thiocarbonyl (C=S) groups is 1. The average molecular weight is 343 g/mol. The predicted octanol–water partition coefficient (Wildman–Crippen LogP) is 1.51. The van der Waals surface area contributed by atoms with Gasteiger partial charge in [-0.1, -0.05) is 24.4 Å². The van der Waals surface area contributed by atoms with Gasteiger partial charge in [-0.15, -0.1) is 0 Å². The zero-order chi connectivity index (χ0) is 16.5. The molecular weight excluding hydrogens is 322 g/mol. The van der Waals surface area contributed by atoms with E-state index in [0.717, 1.165) is 5.56 Å². The van der Waals surface area contributed by atoms with Crippen LogP contribution >= 0.6 is 12.2 Å². The molecule has 122 valence electrons. The third-order valence-corrected chi connectivity index (χ3v) is 6.19. The van der Waals surface area contributed by atoms with Crippen molar-refractivity contribution < 1.29 is 17.9 Å². The van der Waals surface area contributed by atoms with Crippen molar-refractivity contribution in [3.63, 3.8) is 0 Å². The normalized spacial score (nSPS) is 27.4. The molecule has 2 rings (SSSR count). The van der Waals surface area contributed by atoms with Crippen LogP contribution in [-0.2, 0) is 14.6 Å². The second kappa shape index (κ2) is 6.14. The Labute approximate surface area is 136 Å². The first-order valence-electron chi connectivity index (χ1n) is 6.99. The molecule has 1 aromatic rings. The van der Waals surface area contributed by atoms with E-state index in [1.54, 1.807) is 19.2 Å². The van der Waals surface area contributed by atoms with E-state index in [1.807, 2.05) is 19.1 Å². The minimum absolute atomic E-state index is 0.192. The molecule has 0 radical (unpaired) electrons. The molecule has 0 spiro atoms. The Balaban J connectivity index is 2.43. The lowest BCUT2D eigenvalue weighted by Crippen LogP contribution is -2.33. The van der Waals surface area contributed by atoms with E-state index in [2.05, 4.69) is 0 Å². The van der Waals surface area contributed by atoms with Crippen molar-refractivity contribution in [2.75, 3.05) is 26.6 Å². The van der Waals surface area contributed by atoms with Gasteiger partial charge in [0.15, 0.2) is 9.84 Å². The molecule has 5 nitrogen and oxygen atoms in total. The smallest absolute Gasteiger partial charge is 0.152 e. The molecule has 3 atom stereocenters. The Hall–Kier alpha value is -1.18. The van der Waals surface area contributed by atoms with Crippen molar-refractivity contribution >= 4 is 27.0 Å². The molecule has 0 aliphatic heterocycles. The van der Waals surface area contributed by atoms with Gasteiger partial charge in [0.2, 0.25) is 0 Å². The fourth-order valence-corrected chi connectivity index (χ4v) is 5.43. The molecule has 0 unspecified atom stereocenters. The lowest BCUT2D eigenvalue weighted by Gasteiger charge is -2.16. The predicted molar refractivity (Wildman–Crippen MR) is 90.1 cm³/mol. The first kappa shape index (κ1) is 17.2. The van der Waals surface area contributed by atoms with Gasteiger partial charge >= 0.3 is 0 Å². The van der Waals surface area contributed by atoms with E-state index < -0.39 is 20.5 Å². The van der Waals surface area contributed by atoms with Gasteiger partial charge in [0, 0.05) is 18.8 Å². The molecule has 0 saturated heterocycles. The largest absolute Gasteiger partial charge is 0.497 e. The van der Waals surface area contributed by atoms with Crippen LogP contribution in [0.1, 0.15) is 18.4 Å². The zero-order valence-electron chi connectivity index (χ0n) is 12.9.